The number of carbonyl (C=O) groups excluding carboxylic acids is 1. The molecule has 0 radical (unpaired) electrons. The van der Waals surface area contributed by atoms with Crippen LogP contribution in [0.1, 0.15) is 21.5 Å². The van der Waals surface area contributed by atoms with Crippen LogP contribution in [0.15, 0.2) is 77.8 Å². The van der Waals surface area contributed by atoms with Crippen molar-refractivity contribution >= 4 is 23.6 Å². The van der Waals surface area contributed by atoms with Crippen LogP contribution < -0.4 is 4.74 Å². The summed E-state index contributed by atoms with van der Waals surface area (Å²) in [7, 11) is 0. The number of non-ortho nitro benzene ring substituents is 1. The third-order valence-electron chi connectivity index (χ3n) is 3.76. The molecule has 0 spiro atoms. The monoisotopic (exact) mass is 371 g/mol. The molecule has 3 aromatic rings. The van der Waals surface area contributed by atoms with Crippen LogP contribution in [0.2, 0.25) is 0 Å². The topological polar surface area (TPSA) is 106 Å². The molecule has 0 aliphatic rings. The molecule has 0 aliphatic carbocycles. The smallest absolute Gasteiger partial charge is 0.343 e. The van der Waals surface area contributed by atoms with Gasteiger partial charge in [0.25, 0.3) is 5.69 Å². The first-order valence-corrected chi connectivity index (χ1v) is 8.16. The first kappa shape index (κ1) is 18.5. The van der Waals surface area contributed by atoms with Crippen LogP contribution >= 0.6 is 0 Å². The van der Waals surface area contributed by atoms with Gasteiger partial charge in [-0.15, -0.1) is 0 Å². The lowest BCUT2D eigenvalue weighted by atomic mass is 10.2. The van der Waals surface area contributed by atoms with Gasteiger partial charge in [0.05, 0.1) is 27.8 Å². The molecule has 0 unspecified atom stereocenters. The summed E-state index contributed by atoms with van der Waals surface area (Å²) in [6.07, 6.45) is 1.58. The number of carbonyl (C=O) groups is 1. The average Bonchev–Trinajstić information content (AvgIpc) is 2.73. The second kappa shape index (κ2) is 8.38. The molecule has 0 N–H and O–H groups in total. The van der Waals surface area contributed by atoms with Crippen molar-refractivity contribution in [1.82, 2.24) is 0 Å². The van der Waals surface area contributed by atoms with E-state index in [1.165, 1.54) is 12.1 Å². The molecule has 0 aliphatic heterocycles. The van der Waals surface area contributed by atoms with Gasteiger partial charge in [0.1, 0.15) is 5.75 Å². The lowest BCUT2D eigenvalue weighted by molar-refractivity contribution is -0.384. The zero-order valence-corrected chi connectivity index (χ0v) is 14.5. The van der Waals surface area contributed by atoms with Gasteiger partial charge in [-0.3, -0.25) is 15.1 Å². The van der Waals surface area contributed by atoms with E-state index in [2.05, 4.69) is 4.99 Å². The van der Waals surface area contributed by atoms with E-state index in [9.17, 15) is 14.9 Å². The summed E-state index contributed by atoms with van der Waals surface area (Å²) in [6, 6.07) is 20.8. The molecule has 7 heteroatoms. The predicted molar refractivity (Wildman–Crippen MR) is 103 cm³/mol. The summed E-state index contributed by atoms with van der Waals surface area (Å²) in [6.45, 7) is 0. The number of hydrogen-bond acceptors (Lipinski definition) is 6. The van der Waals surface area contributed by atoms with Crippen LogP contribution in [-0.4, -0.2) is 17.1 Å². The molecular formula is C21H13N3O4. The van der Waals surface area contributed by atoms with Crippen molar-refractivity contribution < 1.29 is 14.5 Å². The van der Waals surface area contributed by atoms with Crippen molar-refractivity contribution in [1.29, 1.82) is 5.26 Å². The van der Waals surface area contributed by atoms with Gasteiger partial charge in [0.2, 0.25) is 0 Å². The summed E-state index contributed by atoms with van der Waals surface area (Å²) in [5.41, 5.74) is 2.19. The van der Waals surface area contributed by atoms with Crippen molar-refractivity contribution in [2.24, 2.45) is 4.99 Å². The highest BCUT2D eigenvalue weighted by atomic mass is 16.6. The lowest BCUT2D eigenvalue weighted by Gasteiger charge is -2.04. The molecular weight excluding hydrogens is 358 g/mol. The van der Waals surface area contributed by atoms with Gasteiger partial charge in [-0.25, -0.2) is 4.79 Å². The fraction of sp³-hybridized carbons (Fsp3) is 0. The number of nitrogens with zero attached hydrogens (tertiary/aromatic N) is 3. The molecule has 136 valence electrons. The van der Waals surface area contributed by atoms with Gasteiger partial charge < -0.3 is 4.74 Å². The summed E-state index contributed by atoms with van der Waals surface area (Å²) in [4.78, 5) is 26.6. The molecule has 0 bridgehead atoms. The Labute approximate surface area is 160 Å². The Morgan fingerprint density at radius 2 is 1.64 bits per heavy atom. The van der Waals surface area contributed by atoms with E-state index in [1.54, 1.807) is 66.9 Å². The maximum atomic E-state index is 12.2. The van der Waals surface area contributed by atoms with Crippen LogP contribution in [0, 0.1) is 21.4 Å². The zero-order chi connectivity index (χ0) is 19.9. The number of ether oxygens (including phenoxy) is 1. The molecule has 3 rings (SSSR count). The summed E-state index contributed by atoms with van der Waals surface area (Å²) in [5.74, 6) is -0.167. The third-order valence-corrected chi connectivity index (χ3v) is 3.76. The van der Waals surface area contributed by atoms with Crippen molar-refractivity contribution in [3.8, 4) is 11.8 Å². The van der Waals surface area contributed by atoms with Crippen LogP contribution in [0.25, 0.3) is 0 Å². The number of benzene rings is 3. The van der Waals surface area contributed by atoms with Crippen LogP contribution in [0.4, 0.5) is 11.4 Å². The van der Waals surface area contributed by atoms with Gasteiger partial charge in [-0.2, -0.15) is 5.26 Å². The molecule has 28 heavy (non-hydrogen) atoms. The Kier molecular flexibility index (Phi) is 5.53. The quantitative estimate of drug-likeness (QED) is 0.217. The normalized spacial score (nSPS) is 10.4. The van der Waals surface area contributed by atoms with E-state index in [-0.39, 0.29) is 5.69 Å². The number of rotatable bonds is 5. The molecule has 0 saturated heterocycles. The summed E-state index contributed by atoms with van der Waals surface area (Å²) >= 11 is 0. The number of nitro groups is 1. The molecule has 0 heterocycles. The fourth-order valence-electron chi connectivity index (χ4n) is 2.28. The minimum absolute atomic E-state index is 0.0160. The maximum absolute atomic E-state index is 12.2. The third kappa shape index (κ3) is 4.65. The summed E-state index contributed by atoms with van der Waals surface area (Å²) < 4.78 is 5.26. The minimum Gasteiger partial charge on any atom is -0.423 e. The van der Waals surface area contributed by atoms with Crippen LogP contribution in [-0.2, 0) is 0 Å². The summed E-state index contributed by atoms with van der Waals surface area (Å²) in [5, 5.41) is 19.4. The SMILES string of the molecule is N#Cc1ccc(OC(=O)c2ccc(N=Cc3ccc([N+](=O)[O-])cc3)cc2)cc1. The number of nitriles is 1. The first-order valence-electron chi connectivity index (χ1n) is 8.16. The van der Waals surface area contributed by atoms with E-state index >= 15 is 0 Å². The highest BCUT2D eigenvalue weighted by Crippen LogP contribution is 2.17. The van der Waals surface area contributed by atoms with Gasteiger partial charge >= 0.3 is 5.97 Å². The van der Waals surface area contributed by atoms with Crippen LogP contribution in [0.3, 0.4) is 0 Å². The Morgan fingerprint density at radius 1 is 1.00 bits per heavy atom. The molecule has 3 aromatic carbocycles. The standard InChI is InChI=1S/C21H13N3O4/c22-13-15-3-11-20(12-4-15)28-21(25)17-5-7-18(8-6-17)23-14-16-1-9-19(10-2-16)24(26)27/h1-12,14H. The Bertz CT molecular complexity index is 1060. The molecule has 0 atom stereocenters. The fourth-order valence-corrected chi connectivity index (χ4v) is 2.28. The van der Waals surface area contributed by atoms with E-state index in [0.717, 1.165) is 5.56 Å². The molecule has 0 fully saturated rings. The van der Waals surface area contributed by atoms with E-state index in [1.807, 2.05) is 6.07 Å². The van der Waals surface area contributed by atoms with Gasteiger partial charge in [-0.05, 0) is 66.2 Å². The van der Waals surface area contributed by atoms with E-state index in [0.29, 0.717) is 22.6 Å². The highest BCUT2D eigenvalue weighted by molar-refractivity contribution is 5.91. The number of hydrogen-bond donors (Lipinski definition) is 0. The average molecular weight is 371 g/mol. The number of aliphatic imine (C=N–C) groups is 1. The Hall–Kier alpha value is -4.31. The molecule has 0 saturated carbocycles. The Balaban J connectivity index is 1.64. The number of nitro benzene ring substituents is 1. The van der Waals surface area contributed by atoms with E-state index < -0.39 is 10.9 Å². The van der Waals surface area contributed by atoms with Crippen molar-refractivity contribution in [2.45, 2.75) is 0 Å². The lowest BCUT2D eigenvalue weighted by Crippen LogP contribution is -2.08. The van der Waals surface area contributed by atoms with Gasteiger partial charge in [-0.1, -0.05) is 0 Å². The largest absolute Gasteiger partial charge is 0.423 e. The second-order valence-corrected chi connectivity index (χ2v) is 5.68. The van der Waals surface area contributed by atoms with E-state index in [4.69, 9.17) is 10.00 Å². The van der Waals surface area contributed by atoms with Crippen molar-refractivity contribution in [2.75, 3.05) is 0 Å². The highest BCUT2D eigenvalue weighted by Gasteiger charge is 2.08. The maximum Gasteiger partial charge on any atom is 0.343 e. The zero-order valence-electron chi connectivity index (χ0n) is 14.5. The predicted octanol–water partition coefficient (Wildman–Crippen LogP) is 4.44. The van der Waals surface area contributed by atoms with Crippen molar-refractivity contribution in [3.05, 3.63) is 99.6 Å². The second-order valence-electron chi connectivity index (χ2n) is 5.68. The molecule has 0 aromatic heterocycles. The minimum atomic E-state index is -0.518. The van der Waals surface area contributed by atoms with Gasteiger partial charge in [0, 0.05) is 18.3 Å². The number of esters is 1. The molecule has 7 nitrogen and oxygen atoms in total. The van der Waals surface area contributed by atoms with Gasteiger partial charge in [0.15, 0.2) is 0 Å². The first-order chi connectivity index (χ1) is 13.5. The van der Waals surface area contributed by atoms with Crippen molar-refractivity contribution in [3.63, 3.8) is 0 Å². The molecule has 0 amide bonds. The van der Waals surface area contributed by atoms with Crippen LogP contribution in [0.5, 0.6) is 5.75 Å². The Morgan fingerprint density at radius 3 is 2.21 bits per heavy atom.